The summed E-state index contributed by atoms with van der Waals surface area (Å²) in [5.41, 5.74) is 0.656. The van der Waals surface area contributed by atoms with Gasteiger partial charge in [0, 0.05) is 31.1 Å². The van der Waals surface area contributed by atoms with Gasteiger partial charge in [0.2, 0.25) is 5.91 Å². The summed E-state index contributed by atoms with van der Waals surface area (Å²) >= 11 is 0. The van der Waals surface area contributed by atoms with Crippen LogP contribution < -0.4 is 10.2 Å². The number of carbonyl (C=O) groups excluding carboxylic acids is 1. The molecule has 146 valence electrons. The Kier molecular flexibility index (Phi) is 4.53. The van der Waals surface area contributed by atoms with Crippen molar-refractivity contribution in [2.75, 3.05) is 31.6 Å². The van der Waals surface area contributed by atoms with Gasteiger partial charge in [-0.2, -0.15) is 4.52 Å². The van der Waals surface area contributed by atoms with E-state index in [2.05, 4.69) is 53.1 Å². The molecule has 0 spiro atoms. The zero-order valence-corrected chi connectivity index (χ0v) is 16.6. The van der Waals surface area contributed by atoms with Crippen molar-refractivity contribution >= 4 is 17.4 Å². The third-order valence-electron chi connectivity index (χ3n) is 5.68. The summed E-state index contributed by atoms with van der Waals surface area (Å²) in [5.74, 6) is 1.97. The first-order valence-electron chi connectivity index (χ1n) is 9.82. The lowest BCUT2D eigenvalue weighted by atomic mass is 9.96. The lowest BCUT2D eigenvalue weighted by Gasteiger charge is -2.46. The van der Waals surface area contributed by atoms with Crippen molar-refractivity contribution in [3.63, 3.8) is 0 Å². The van der Waals surface area contributed by atoms with Gasteiger partial charge in [0.1, 0.15) is 5.82 Å². The van der Waals surface area contributed by atoms with E-state index in [4.69, 9.17) is 5.10 Å². The second kappa shape index (κ2) is 6.74. The maximum atomic E-state index is 12.3. The number of carbonyl (C=O) groups is 1. The summed E-state index contributed by atoms with van der Waals surface area (Å²) in [6.07, 6.45) is 3.12. The van der Waals surface area contributed by atoms with Gasteiger partial charge in [-0.3, -0.25) is 9.69 Å². The highest BCUT2D eigenvalue weighted by molar-refractivity contribution is 5.82. The molecule has 0 aromatic carbocycles. The molecule has 1 amide bonds. The van der Waals surface area contributed by atoms with E-state index in [9.17, 15) is 4.79 Å². The van der Waals surface area contributed by atoms with E-state index in [1.54, 1.807) is 0 Å². The summed E-state index contributed by atoms with van der Waals surface area (Å²) in [5, 5.41) is 16.4. The first-order valence-corrected chi connectivity index (χ1v) is 9.82. The molecule has 2 aromatic heterocycles. The number of fused-ring (bicyclic) bond motifs is 1. The van der Waals surface area contributed by atoms with Gasteiger partial charge >= 0.3 is 0 Å². The molecule has 0 aliphatic carbocycles. The number of likely N-dealkylation sites (N-methyl/N-ethyl adjacent to an activating group) is 1. The molecule has 8 nitrogen and oxygen atoms in total. The van der Waals surface area contributed by atoms with Crippen LogP contribution in [0.5, 0.6) is 0 Å². The second-order valence-corrected chi connectivity index (χ2v) is 8.76. The molecular weight excluding hydrogens is 342 g/mol. The molecule has 0 saturated carbocycles. The van der Waals surface area contributed by atoms with E-state index < -0.39 is 0 Å². The molecule has 1 N–H and O–H groups in total. The predicted octanol–water partition coefficient (Wildman–Crippen LogP) is 1.21. The largest absolute Gasteiger partial charge is 0.355 e. The fraction of sp³-hybridized carbons (Fsp3) is 0.684. The van der Waals surface area contributed by atoms with Crippen molar-refractivity contribution in [1.29, 1.82) is 0 Å². The highest BCUT2D eigenvalue weighted by Crippen LogP contribution is 2.26. The molecular formula is C19H29N7O. The molecule has 2 aromatic rings. The minimum absolute atomic E-state index is 0.0135. The lowest BCUT2D eigenvalue weighted by Crippen LogP contribution is -2.62. The number of hydrogen-bond donors (Lipinski definition) is 1. The van der Waals surface area contributed by atoms with Crippen molar-refractivity contribution in [1.82, 2.24) is 30.0 Å². The Balaban J connectivity index is 1.47. The highest BCUT2D eigenvalue weighted by Gasteiger charge is 2.37. The van der Waals surface area contributed by atoms with Crippen molar-refractivity contribution < 1.29 is 4.79 Å². The van der Waals surface area contributed by atoms with Crippen LogP contribution >= 0.6 is 0 Å². The molecule has 27 heavy (non-hydrogen) atoms. The molecule has 2 saturated heterocycles. The Morgan fingerprint density at radius 2 is 1.96 bits per heavy atom. The standard InChI is InChI=1S/C19H29N7O/c1-19(2,3)18-22-21-15-8-9-16(23-26(15)18)25-11-13(12-25)24(4)14-7-5-6-10-20-17(14)27/h8-9,13-14H,5-7,10-12H2,1-4H3,(H,20,27). The molecule has 4 heterocycles. The maximum absolute atomic E-state index is 12.3. The Bertz CT molecular complexity index is 834. The summed E-state index contributed by atoms with van der Waals surface area (Å²) in [6, 6.07) is 4.34. The Morgan fingerprint density at radius 3 is 2.70 bits per heavy atom. The maximum Gasteiger partial charge on any atom is 0.237 e. The van der Waals surface area contributed by atoms with Crippen LogP contribution in [-0.2, 0) is 10.2 Å². The van der Waals surface area contributed by atoms with Crippen LogP contribution in [0.2, 0.25) is 0 Å². The third-order valence-corrected chi connectivity index (χ3v) is 5.68. The Labute approximate surface area is 159 Å². The van der Waals surface area contributed by atoms with Gasteiger partial charge < -0.3 is 10.2 Å². The second-order valence-electron chi connectivity index (χ2n) is 8.76. The van der Waals surface area contributed by atoms with Crippen LogP contribution in [0, 0.1) is 0 Å². The smallest absolute Gasteiger partial charge is 0.237 e. The average molecular weight is 371 g/mol. The first-order chi connectivity index (χ1) is 12.8. The number of rotatable bonds is 3. The van der Waals surface area contributed by atoms with Gasteiger partial charge in [-0.25, -0.2) is 0 Å². The van der Waals surface area contributed by atoms with Crippen LogP contribution in [0.25, 0.3) is 5.65 Å². The van der Waals surface area contributed by atoms with Gasteiger partial charge in [0.15, 0.2) is 11.5 Å². The summed E-state index contributed by atoms with van der Waals surface area (Å²) in [6.45, 7) is 8.91. The molecule has 2 fully saturated rings. The van der Waals surface area contributed by atoms with E-state index in [1.807, 2.05) is 16.6 Å². The molecule has 0 radical (unpaired) electrons. The minimum atomic E-state index is -0.115. The number of aromatic nitrogens is 4. The number of anilines is 1. The van der Waals surface area contributed by atoms with Crippen molar-refractivity contribution in [2.24, 2.45) is 0 Å². The summed E-state index contributed by atoms with van der Waals surface area (Å²) in [4.78, 5) is 16.8. The number of hydrogen-bond acceptors (Lipinski definition) is 6. The van der Waals surface area contributed by atoms with E-state index in [1.165, 1.54) is 0 Å². The van der Waals surface area contributed by atoms with E-state index in [0.717, 1.165) is 56.2 Å². The average Bonchev–Trinajstić information content (AvgIpc) is 2.88. The van der Waals surface area contributed by atoms with Crippen LogP contribution in [0.15, 0.2) is 12.1 Å². The highest BCUT2D eigenvalue weighted by atomic mass is 16.2. The monoisotopic (exact) mass is 371 g/mol. The van der Waals surface area contributed by atoms with Gasteiger partial charge in [-0.15, -0.1) is 15.3 Å². The van der Waals surface area contributed by atoms with E-state index in [0.29, 0.717) is 6.04 Å². The number of nitrogens with one attached hydrogen (secondary N) is 1. The normalized spacial score (nSPS) is 22.0. The number of nitrogens with zero attached hydrogens (tertiary/aromatic N) is 6. The summed E-state index contributed by atoms with van der Waals surface area (Å²) in [7, 11) is 2.08. The van der Waals surface area contributed by atoms with Crippen molar-refractivity contribution in [3.05, 3.63) is 18.0 Å². The fourth-order valence-corrected chi connectivity index (χ4v) is 3.88. The Morgan fingerprint density at radius 1 is 1.19 bits per heavy atom. The van der Waals surface area contributed by atoms with E-state index >= 15 is 0 Å². The predicted molar refractivity (Wildman–Crippen MR) is 104 cm³/mol. The fourth-order valence-electron chi connectivity index (χ4n) is 3.88. The van der Waals surface area contributed by atoms with Gasteiger partial charge in [-0.05, 0) is 38.4 Å². The van der Waals surface area contributed by atoms with Crippen LogP contribution in [0.3, 0.4) is 0 Å². The molecule has 2 aliphatic rings. The third kappa shape index (κ3) is 3.38. The van der Waals surface area contributed by atoms with Gasteiger partial charge in [-0.1, -0.05) is 20.8 Å². The first kappa shape index (κ1) is 18.2. The van der Waals surface area contributed by atoms with Crippen LogP contribution in [0.4, 0.5) is 5.82 Å². The molecule has 8 heteroatoms. The zero-order valence-electron chi connectivity index (χ0n) is 16.6. The SMILES string of the molecule is CN(C1CN(c2ccc3nnc(C(C)(C)C)n3n2)C1)C1CCCCNC1=O. The minimum Gasteiger partial charge on any atom is -0.355 e. The van der Waals surface area contributed by atoms with Crippen LogP contribution in [-0.4, -0.2) is 69.4 Å². The molecule has 4 rings (SSSR count). The lowest BCUT2D eigenvalue weighted by molar-refractivity contribution is -0.126. The molecule has 0 bridgehead atoms. The Hall–Kier alpha value is -2.22. The van der Waals surface area contributed by atoms with Gasteiger partial charge in [0.25, 0.3) is 0 Å². The zero-order chi connectivity index (χ0) is 19.2. The molecule has 1 atom stereocenters. The van der Waals surface area contributed by atoms with Gasteiger partial charge in [0.05, 0.1) is 6.04 Å². The number of amides is 1. The quantitative estimate of drug-likeness (QED) is 0.874. The molecule has 1 unspecified atom stereocenters. The van der Waals surface area contributed by atoms with Crippen molar-refractivity contribution in [3.8, 4) is 0 Å². The topological polar surface area (TPSA) is 78.7 Å². The molecule has 2 aliphatic heterocycles. The summed E-state index contributed by atoms with van der Waals surface area (Å²) < 4.78 is 1.85. The van der Waals surface area contributed by atoms with Crippen LogP contribution in [0.1, 0.15) is 45.9 Å². The van der Waals surface area contributed by atoms with Crippen molar-refractivity contribution in [2.45, 2.75) is 57.5 Å². The van der Waals surface area contributed by atoms with E-state index in [-0.39, 0.29) is 17.4 Å².